The van der Waals surface area contributed by atoms with Crippen molar-refractivity contribution in [2.45, 2.75) is 20.0 Å². The fourth-order valence-corrected chi connectivity index (χ4v) is 2.25. The number of aryl methyl sites for hydroxylation is 1. The minimum Gasteiger partial charge on any atom is -0.493 e. The molecule has 0 bridgehead atoms. The summed E-state index contributed by atoms with van der Waals surface area (Å²) in [4.78, 5) is 0. The van der Waals surface area contributed by atoms with Gasteiger partial charge in [0.25, 0.3) is 0 Å². The molecule has 0 amide bonds. The fourth-order valence-electron chi connectivity index (χ4n) is 2.07. The molecule has 2 rings (SSSR count). The predicted octanol–water partition coefficient (Wildman–Crippen LogP) is 4.27. The quantitative estimate of drug-likeness (QED) is 0.912. The van der Waals surface area contributed by atoms with Crippen LogP contribution in [0.4, 0.5) is 4.39 Å². The van der Waals surface area contributed by atoms with Crippen LogP contribution in [-0.4, -0.2) is 11.7 Å². The highest BCUT2D eigenvalue weighted by molar-refractivity contribution is 6.30. The van der Waals surface area contributed by atoms with Gasteiger partial charge < -0.3 is 9.84 Å². The van der Waals surface area contributed by atoms with E-state index in [0.717, 1.165) is 5.56 Å². The summed E-state index contributed by atoms with van der Waals surface area (Å²) in [7, 11) is 0. The van der Waals surface area contributed by atoms with E-state index in [9.17, 15) is 9.50 Å². The van der Waals surface area contributed by atoms with Gasteiger partial charge in [-0.1, -0.05) is 35.4 Å². The molecule has 0 heterocycles. The Morgan fingerprint density at radius 1 is 1.25 bits per heavy atom. The molecule has 0 aliphatic carbocycles. The third-order valence-electron chi connectivity index (χ3n) is 3.04. The van der Waals surface area contributed by atoms with Crippen LogP contribution in [0.3, 0.4) is 0 Å². The summed E-state index contributed by atoms with van der Waals surface area (Å²) in [5.41, 5.74) is 1.64. The Morgan fingerprint density at radius 3 is 2.70 bits per heavy atom. The molecule has 20 heavy (non-hydrogen) atoms. The molecule has 4 heteroatoms. The van der Waals surface area contributed by atoms with Crippen LogP contribution in [-0.2, 0) is 0 Å². The lowest BCUT2D eigenvalue weighted by molar-refractivity contribution is 0.207. The number of hydrogen-bond donors (Lipinski definition) is 1. The molecular formula is C16H16ClFO2. The molecule has 0 aliphatic heterocycles. The summed E-state index contributed by atoms with van der Waals surface area (Å²) in [5, 5.41) is 10.4. The Morgan fingerprint density at radius 2 is 2.00 bits per heavy atom. The maximum atomic E-state index is 14.0. The van der Waals surface area contributed by atoms with Gasteiger partial charge in [-0.25, -0.2) is 4.39 Å². The maximum absolute atomic E-state index is 14.0. The topological polar surface area (TPSA) is 29.5 Å². The van der Waals surface area contributed by atoms with E-state index in [2.05, 4.69) is 0 Å². The summed E-state index contributed by atoms with van der Waals surface area (Å²) in [6, 6.07) is 10.0. The molecule has 2 aromatic rings. The third kappa shape index (κ3) is 2.94. The van der Waals surface area contributed by atoms with E-state index in [-0.39, 0.29) is 10.6 Å². The smallest absolute Gasteiger partial charge is 0.147 e. The molecular weight excluding hydrogens is 279 g/mol. The molecule has 0 saturated carbocycles. The average molecular weight is 295 g/mol. The molecule has 0 aromatic heterocycles. The Bertz CT molecular complexity index is 613. The van der Waals surface area contributed by atoms with Crippen molar-refractivity contribution in [3.63, 3.8) is 0 Å². The molecule has 1 atom stereocenters. The highest BCUT2D eigenvalue weighted by atomic mass is 35.5. The standard InChI is InChI=1S/C16H16ClFO2/c1-3-20-14-8-7-10(2)9-12(14)16(19)11-5-4-6-13(17)15(11)18/h4-9,16,19H,3H2,1-2H3. The van der Waals surface area contributed by atoms with Crippen LogP contribution < -0.4 is 4.74 Å². The van der Waals surface area contributed by atoms with E-state index >= 15 is 0 Å². The first-order valence-electron chi connectivity index (χ1n) is 6.40. The average Bonchev–Trinajstić information content (AvgIpc) is 2.43. The molecule has 2 aromatic carbocycles. The molecule has 0 spiro atoms. The van der Waals surface area contributed by atoms with Crippen molar-refractivity contribution < 1.29 is 14.2 Å². The number of aliphatic hydroxyl groups excluding tert-OH is 1. The first kappa shape index (κ1) is 14.8. The summed E-state index contributed by atoms with van der Waals surface area (Å²) < 4.78 is 19.5. The van der Waals surface area contributed by atoms with Gasteiger partial charge in [0.1, 0.15) is 17.7 Å². The maximum Gasteiger partial charge on any atom is 0.147 e. The van der Waals surface area contributed by atoms with Gasteiger partial charge in [0, 0.05) is 11.1 Å². The van der Waals surface area contributed by atoms with Crippen molar-refractivity contribution >= 4 is 11.6 Å². The molecule has 106 valence electrons. The van der Waals surface area contributed by atoms with Crippen LogP contribution >= 0.6 is 11.6 Å². The van der Waals surface area contributed by atoms with Crippen molar-refractivity contribution in [3.05, 3.63) is 63.9 Å². The molecule has 0 saturated heterocycles. The number of aliphatic hydroxyl groups is 1. The van der Waals surface area contributed by atoms with E-state index < -0.39 is 11.9 Å². The van der Waals surface area contributed by atoms with Crippen molar-refractivity contribution in [1.29, 1.82) is 0 Å². The van der Waals surface area contributed by atoms with Crippen molar-refractivity contribution in [2.75, 3.05) is 6.61 Å². The Labute approximate surface area is 122 Å². The predicted molar refractivity (Wildman–Crippen MR) is 77.8 cm³/mol. The largest absolute Gasteiger partial charge is 0.493 e. The van der Waals surface area contributed by atoms with E-state index in [1.807, 2.05) is 19.9 Å². The van der Waals surface area contributed by atoms with Crippen LogP contribution in [0.5, 0.6) is 5.75 Å². The van der Waals surface area contributed by atoms with Crippen LogP contribution in [0.2, 0.25) is 5.02 Å². The van der Waals surface area contributed by atoms with E-state index in [1.54, 1.807) is 18.2 Å². The highest BCUT2D eigenvalue weighted by Crippen LogP contribution is 2.33. The van der Waals surface area contributed by atoms with E-state index in [1.165, 1.54) is 12.1 Å². The van der Waals surface area contributed by atoms with Crippen LogP contribution in [0, 0.1) is 12.7 Å². The van der Waals surface area contributed by atoms with Crippen molar-refractivity contribution in [3.8, 4) is 5.75 Å². The minimum atomic E-state index is -1.12. The van der Waals surface area contributed by atoms with Gasteiger partial charge in [0.15, 0.2) is 0 Å². The van der Waals surface area contributed by atoms with Crippen molar-refractivity contribution in [2.24, 2.45) is 0 Å². The summed E-state index contributed by atoms with van der Waals surface area (Å²) in [5.74, 6) is -0.0596. The van der Waals surface area contributed by atoms with E-state index in [4.69, 9.17) is 16.3 Å². The lowest BCUT2D eigenvalue weighted by Gasteiger charge is -2.17. The second-order valence-corrected chi connectivity index (χ2v) is 4.93. The lowest BCUT2D eigenvalue weighted by atomic mass is 9.98. The second-order valence-electron chi connectivity index (χ2n) is 4.52. The zero-order valence-corrected chi connectivity index (χ0v) is 12.1. The molecule has 0 radical (unpaired) electrons. The van der Waals surface area contributed by atoms with Gasteiger partial charge >= 0.3 is 0 Å². The monoisotopic (exact) mass is 294 g/mol. The number of benzene rings is 2. The van der Waals surface area contributed by atoms with Gasteiger partial charge in [0.2, 0.25) is 0 Å². The van der Waals surface area contributed by atoms with Gasteiger partial charge in [0.05, 0.1) is 11.6 Å². The number of halogens is 2. The molecule has 1 unspecified atom stereocenters. The first-order chi connectivity index (χ1) is 9.54. The summed E-state index contributed by atoms with van der Waals surface area (Å²) in [6.45, 7) is 4.23. The molecule has 0 aliphatic rings. The van der Waals surface area contributed by atoms with Crippen LogP contribution in [0.15, 0.2) is 36.4 Å². The molecule has 0 fully saturated rings. The zero-order chi connectivity index (χ0) is 14.7. The Hall–Kier alpha value is -1.58. The van der Waals surface area contributed by atoms with Gasteiger partial charge in [-0.15, -0.1) is 0 Å². The lowest BCUT2D eigenvalue weighted by Crippen LogP contribution is -2.06. The fraction of sp³-hybridized carbons (Fsp3) is 0.250. The van der Waals surface area contributed by atoms with Gasteiger partial charge in [-0.05, 0) is 32.0 Å². The number of rotatable bonds is 4. The minimum absolute atomic E-state index is 0.00726. The van der Waals surface area contributed by atoms with Gasteiger partial charge in [-0.3, -0.25) is 0 Å². The van der Waals surface area contributed by atoms with Gasteiger partial charge in [-0.2, -0.15) is 0 Å². The van der Waals surface area contributed by atoms with E-state index in [0.29, 0.717) is 17.9 Å². The Kier molecular flexibility index (Phi) is 4.63. The van der Waals surface area contributed by atoms with Crippen LogP contribution in [0.25, 0.3) is 0 Å². The molecule has 1 N–H and O–H groups in total. The first-order valence-corrected chi connectivity index (χ1v) is 6.77. The number of ether oxygens (including phenoxy) is 1. The zero-order valence-electron chi connectivity index (χ0n) is 11.4. The second kappa shape index (κ2) is 6.25. The molecule has 2 nitrogen and oxygen atoms in total. The van der Waals surface area contributed by atoms with Crippen LogP contribution in [0.1, 0.15) is 29.7 Å². The Balaban J connectivity index is 2.49. The normalized spacial score (nSPS) is 12.2. The highest BCUT2D eigenvalue weighted by Gasteiger charge is 2.20. The summed E-state index contributed by atoms with van der Waals surface area (Å²) in [6.07, 6.45) is -1.12. The SMILES string of the molecule is CCOc1ccc(C)cc1C(O)c1cccc(Cl)c1F. The number of hydrogen-bond acceptors (Lipinski definition) is 2. The van der Waals surface area contributed by atoms with Crippen molar-refractivity contribution in [1.82, 2.24) is 0 Å². The third-order valence-corrected chi connectivity index (χ3v) is 3.33. The summed E-state index contributed by atoms with van der Waals surface area (Å²) >= 11 is 5.76.